The quantitative estimate of drug-likeness (QED) is 0.202. The minimum absolute atomic E-state index is 0.568. The molecule has 0 aromatic rings. The van der Waals surface area contributed by atoms with Gasteiger partial charge in [0.15, 0.2) is 12.6 Å². The van der Waals surface area contributed by atoms with Gasteiger partial charge in [-0.3, -0.25) is 9.59 Å². The van der Waals surface area contributed by atoms with Crippen LogP contribution in [-0.4, -0.2) is 117 Å². The molecule has 1 unspecified atom stereocenters. The monoisotopic (exact) mass is 424 g/mol. The second-order valence-electron chi connectivity index (χ2n) is 7.00. The maximum atomic E-state index is 11.5. The van der Waals surface area contributed by atoms with E-state index in [4.69, 9.17) is 14.2 Å². The van der Waals surface area contributed by atoms with Gasteiger partial charge in [0.2, 0.25) is 11.8 Å². The molecule has 13 heteroatoms. The first-order valence-corrected chi connectivity index (χ1v) is 9.05. The summed E-state index contributed by atoms with van der Waals surface area (Å²) in [5.74, 6) is -1.14. The van der Waals surface area contributed by atoms with Crippen molar-refractivity contribution in [3.63, 3.8) is 0 Å². The van der Waals surface area contributed by atoms with Crippen molar-refractivity contribution in [2.45, 2.75) is 75.1 Å². The van der Waals surface area contributed by atoms with Crippen LogP contribution in [0.2, 0.25) is 0 Å². The number of hydrogen-bond donors (Lipinski definition) is 8. The molecule has 2 rings (SSSR count). The molecule has 0 aromatic heterocycles. The molecule has 10 atom stereocenters. The van der Waals surface area contributed by atoms with Crippen LogP contribution in [0, 0.1) is 0 Å². The summed E-state index contributed by atoms with van der Waals surface area (Å²) in [5, 5.41) is 64.5. The standard InChI is InChI=1S/C16H28N2O11/c1-5(21)17-9-13(25)14(8(4-20)27-15(9)26)29-16-10(18-6(2)22)12(24)11(23)7(3-19)28-16/h7-16,19-20,23-26H,3-4H2,1-2H3,(H,17,21)(H,18,22)/t7-,8-,9-,10-,11+,12+,13+,14+,15?,16-/m0/s1. The van der Waals surface area contributed by atoms with E-state index in [1.807, 2.05) is 0 Å². The Bertz CT molecular complexity index is 579. The van der Waals surface area contributed by atoms with Crippen LogP contribution in [0.3, 0.4) is 0 Å². The first-order valence-electron chi connectivity index (χ1n) is 9.05. The molecule has 0 radical (unpaired) electrons. The van der Waals surface area contributed by atoms with Gasteiger partial charge in [-0.15, -0.1) is 0 Å². The average molecular weight is 424 g/mol. The minimum Gasteiger partial charge on any atom is -0.394 e. The number of carbonyl (C=O) groups is 2. The number of aliphatic hydroxyl groups is 6. The number of nitrogens with one attached hydrogen (secondary N) is 2. The first kappa shape index (κ1) is 23.9. The highest BCUT2D eigenvalue weighted by Gasteiger charge is 2.51. The van der Waals surface area contributed by atoms with E-state index in [1.54, 1.807) is 0 Å². The Balaban J connectivity index is 2.26. The van der Waals surface area contributed by atoms with E-state index in [-0.39, 0.29) is 0 Å². The second-order valence-corrected chi connectivity index (χ2v) is 7.00. The highest BCUT2D eigenvalue weighted by Crippen LogP contribution is 2.28. The number of aliphatic hydroxyl groups excluding tert-OH is 6. The van der Waals surface area contributed by atoms with Crippen molar-refractivity contribution in [1.29, 1.82) is 0 Å². The molecule has 0 aliphatic carbocycles. The predicted molar refractivity (Wildman–Crippen MR) is 91.8 cm³/mol. The van der Waals surface area contributed by atoms with Crippen LogP contribution >= 0.6 is 0 Å². The van der Waals surface area contributed by atoms with Gasteiger partial charge < -0.3 is 55.5 Å². The zero-order chi connectivity index (χ0) is 21.9. The highest BCUT2D eigenvalue weighted by atomic mass is 16.7. The average Bonchev–Trinajstić information content (AvgIpc) is 2.65. The SMILES string of the molecule is CC(=O)N[C@@H]1[C@H](O[C@H]2[C@H](O)[C@H](NC(C)=O)C(O)O[C@H]2CO)O[C@@H](CO)[C@@H](O)[C@@H]1O. The van der Waals surface area contributed by atoms with Gasteiger partial charge in [0.1, 0.15) is 48.7 Å². The zero-order valence-corrected chi connectivity index (χ0v) is 15.9. The van der Waals surface area contributed by atoms with Crippen molar-refractivity contribution < 1.29 is 54.4 Å². The Morgan fingerprint density at radius 1 is 0.828 bits per heavy atom. The molecule has 13 nitrogen and oxygen atoms in total. The number of rotatable bonds is 6. The molecular formula is C16H28N2O11. The summed E-state index contributed by atoms with van der Waals surface area (Å²) in [4.78, 5) is 22.8. The van der Waals surface area contributed by atoms with E-state index >= 15 is 0 Å². The van der Waals surface area contributed by atoms with E-state index in [0.29, 0.717) is 0 Å². The van der Waals surface area contributed by atoms with Crippen LogP contribution in [0.25, 0.3) is 0 Å². The summed E-state index contributed by atoms with van der Waals surface area (Å²) in [6.45, 7) is 0.962. The summed E-state index contributed by atoms with van der Waals surface area (Å²) < 4.78 is 16.3. The minimum atomic E-state index is -1.64. The molecule has 0 spiro atoms. The van der Waals surface area contributed by atoms with Crippen LogP contribution in [0.4, 0.5) is 0 Å². The fourth-order valence-corrected chi connectivity index (χ4v) is 3.38. The van der Waals surface area contributed by atoms with Gasteiger partial charge in [-0.2, -0.15) is 0 Å². The van der Waals surface area contributed by atoms with Gasteiger partial charge in [-0.1, -0.05) is 0 Å². The van der Waals surface area contributed by atoms with Crippen molar-refractivity contribution in [2.75, 3.05) is 13.2 Å². The molecular weight excluding hydrogens is 396 g/mol. The van der Waals surface area contributed by atoms with Crippen molar-refractivity contribution in [3.8, 4) is 0 Å². The largest absolute Gasteiger partial charge is 0.394 e. The van der Waals surface area contributed by atoms with Gasteiger partial charge in [-0.05, 0) is 0 Å². The van der Waals surface area contributed by atoms with E-state index in [0.717, 1.165) is 13.8 Å². The molecule has 0 aromatic carbocycles. The lowest BCUT2D eigenvalue weighted by Gasteiger charge is -2.47. The number of amides is 2. The summed E-state index contributed by atoms with van der Waals surface area (Å²) in [6, 6.07) is -2.59. The summed E-state index contributed by atoms with van der Waals surface area (Å²) in [6.07, 6.45) is -11.7. The Morgan fingerprint density at radius 2 is 1.38 bits per heavy atom. The van der Waals surface area contributed by atoms with E-state index in [2.05, 4.69) is 10.6 Å². The van der Waals surface area contributed by atoms with Crippen molar-refractivity contribution in [1.82, 2.24) is 10.6 Å². The summed E-state index contributed by atoms with van der Waals surface area (Å²) in [5.41, 5.74) is 0. The normalized spacial score (nSPS) is 42.9. The Hall–Kier alpha value is -1.42. The van der Waals surface area contributed by atoms with Crippen molar-refractivity contribution in [3.05, 3.63) is 0 Å². The van der Waals surface area contributed by atoms with Crippen LogP contribution in [0.5, 0.6) is 0 Å². The third-order valence-electron chi connectivity index (χ3n) is 4.78. The van der Waals surface area contributed by atoms with Gasteiger partial charge in [-0.25, -0.2) is 0 Å². The number of ether oxygens (including phenoxy) is 3. The Labute approximate surface area is 166 Å². The number of hydrogen-bond acceptors (Lipinski definition) is 11. The van der Waals surface area contributed by atoms with Crippen molar-refractivity contribution >= 4 is 11.8 Å². The topological polar surface area (TPSA) is 207 Å². The number of carbonyl (C=O) groups excluding carboxylic acids is 2. The fourth-order valence-electron chi connectivity index (χ4n) is 3.38. The third kappa shape index (κ3) is 5.39. The summed E-state index contributed by atoms with van der Waals surface area (Å²) in [7, 11) is 0. The van der Waals surface area contributed by atoms with Gasteiger partial charge in [0.05, 0.1) is 13.2 Å². The first-order chi connectivity index (χ1) is 13.6. The molecule has 2 fully saturated rings. The lowest BCUT2D eigenvalue weighted by Crippen LogP contribution is -2.69. The highest BCUT2D eigenvalue weighted by molar-refractivity contribution is 5.73. The third-order valence-corrected chi connectivity index (χ3v) is 4.78. The smallest absolute Gasteiger partial charge is 0.217 e. The molecule has 0 saturated carbocycles. The van der Waals surface area contributed by atoms with E-state index < -0.39 is 86.3 Å². The second kappa shape index (κ2) is 10.1. The lowest BCUT2D eigenvalue weighted by molar-refractivity contribution is -0.327. The molecule has 2 saturated heterocycles. The lowest BCUT2D eigenvalue weighted by atomic mass is 9.94. The Kier molecular flexibility index (Phi) is 8.28. The van der Waals surface area contributed by atoms with Crippen molar-refractivity contribution in [2.24, 2.45) is 0 Å². The zero-order valence-electron chi connectivity index (χ0n) is 15.9. The molecule has 8 N–H and O–H groups in total. The predicted octanol–water partition coefficient (Wildman–Crippen LogP) is -5.11. The summed E-state index contributed by atoms with van der Waals surface area (Å²) >= 11 is 0. The van der Waals surface area contributed by atoms with Crippen LogP contribution in [-0.2, 0) is 23.8 Å². The van der Waals surface area contributed by atoms with Crippen LogP contribution < -0.4 is 10.6 Å². The molecule has 2 aliphatic rings. The van der Waals surface area contributed by atoms with Gasteiger partial charge in [0.25, 0.3) is 0 Å². The molecule has 168 valence electrons. The maximum absolute atomic E-state index is 11.5. The molecule has 2 heterocycles. The van der Waals surface area contributed by atoms with Crippen LogP contribution in [0.15, 0.2) is 0 Å². The van der Waals surface area contributed by atoms with Gasteiger partial charge >= 0.3 is 0 Å². The molecule has 2 amide bonds. The Morgan fingerprint density at radius 3 is 1.90 bits per heavy atom. The molecule has 2 aliphatic heterocycles. The van der Waals surface area contributed by atoms with Crippen LogP contribution in [0.1, 0.15) is 13.8 Å². The van der Waals surface area contributed by atoms with E-state index in [1.165, 1.54) is 0 Å². The maximum Gasteiger partial charge on any atom is 0.217 e. The van der Waals surface area contributed by atoms with Gasteiger partial charge in [0, 0.05) is 13.8 Å². The van der Waals surface area contributed by atoms with E-state index in [9.17, 15) is 40.2 Å². The molecule has 29 heavy (non-hydrogen) atoms. The molecule has 0 bridgehead atoms. The fraction of sp³-hybridized carbons (Fsp3) is 0.875.